The maximum absolute atomic E-state index is 13.1. The molecule has 1 saturated carbocycles. The van der Waals surface area contributed by atoms with E-state index in [2.05, 4.69) is 25.6 Å². The van der Waals surface area contributed by atoms with Crippen LogP contribution in [0.3, 0.4) is 0 Å². The first-order chi connectivity index (χ1) is 15.7. The van der Waals surface area contributed by atoms with E-state index in [1.165, 1.54) is 0 Å². The van der Waals surface area contributed by atoms with Crippen LogP contribution in [0, 0.1) is 0 Å². The van der Waals surface area contributed by atoms with E-state index in [1.807, 2.05) is 60.7 Å². The van der Waals surface area contributed by atoms with Gasteiger partial charge in [-0.15, -0.1) is 0 Å². The number of hydrogen-bond donors (Lipinski definition) is 2. The number of nitrogens with zero attached hydrogens (tertiary/aromatic N) is 3. The van der Waals surface area contributed by atoms with Crippen LogP contribution in [0.2, 0.25) is 0 Å². The molecule has 7 nitrogen and oxygen atoms in total. The molecule has 1 aliphatic rings. The number of ether oxygens (including phenoxy) is 1. The van der Waals surface area contributed by atoms with Crippen LogP contribution in [0.5, 0.6) is 11.6 Å². The lowest BCUT2D eigenvalue weighted by Crippen LogP contribution is -2.35. The third kappa shape index (κ3) is 4.27. The molecule has 0 atom stereocenters. The zero-order valence-corrected chi connectivity index (χ0v) is 17.2. The smallest absolute Gasteiger partial charge is 0.257 e. The van der Waals surface area contributed by atoms with Crippen LogP contribution in [0.1, 0.15) is 28.9 Å². The number of amides is 1. The van der Waals surface area contributed by atoms with Crippen molar-refractivity contribution in [3.05, 3.63) is 103 Å². The normalized spacial score (nSPS) is 13.8. The van der Waals surface area contributed by atoms with E-state index >= 15 is 0 Å². The second-order valence-electron chi connectivity index (χ2n) is 7.57. The first-order valence-corrected chi connectivity index (χ1v) is 10.4. The lowest BCUT2D eigenvalue weighted by molar-refractivity contribution is 0.0927. The Labute approximate surface area is 185 Å². The van der Waals surface area contributed by atoms with E-state index in [1.54, 1.807) is 30.7 Å². The van der Waals surface area contributed by atoms with Gasteiger partial charge < -0.3 is 15.4 Å². The minimum Gasteiger partial charge on any atom is -0.438 e. The molecule has 3 aromatic heterocycles. The summed E-state index contributed by atoms with van der Waals surface area (Å²) in [5.74, 6) is 1.36. The average Bonchev–Trinajstić information content (AvgIpc) is 3.62. The van der Waals surface area contributed by atoms with Gasteiger partial charge in [0.15, 0.2) is 0 Å². The molecule has 1 fully saturated rings. The van der Waals surface area contributed by atoms with E-state index in [4.69, 9.17) is 4.74 Å². The summed E-state index contributed by atoms with van der Waals surface area (Å²) in [6.07, 6.45) is 6.79. The molecule has 0 aliphatic heterocycles. The van der Waals surface area contributed by atoms with Crippen LogP contribution in [0.4, 0.5) is 11.5 Å². The highest BCUT2D eigenvalue weighted by molar-refractivity contribution is 5.97. The lowest BCUT2D eigenvalue weighted by atomic mass is 10.1. The summed E-state index contributed by atoms with van der Waals surface area (Å²) in [4.78, 5) is 26.0. The Hall–Kier alpha value is -4.26. The van der Waals surface area contributed by atoms with Gasteiger partial charge in [0.2, 0.25) is 5.88 Å². The van der Waals surface area contributed by atoms with Crippen molar-refractivity contribution < 1.29 is 9.53 Å². The van der Waals surface area contributed by atoms with Gasteiger partial charge in [0.25, 0.3) is 5.91 Å². The van der Waals surface area contributed by atoms with Crippen LogP contribution < -0.4 is 15.4 Å². The average molecular weight is 423 g/mol. The molecule has 1 aromatic carbocycles. The van der Waals surface area contributed by atoms with Crippen molar-refractivity contribution in [2.24, 2.45) is 0 Å². The van der Waals surface area contributed by atoms with Gasteiger partial charge in [-0.25, -0.2) is 9.97 Å². The van der Waals surface area contributed by atoms with E-state index in [-0.39, 0.29) is 11.8 Å². The zero-order valence-electron chi connectivity index (χ0n) is 17.2. The van der Waals surface area contributed by atoms with Crippen molar-refractivity contribution >= 4 is 17.4 Å². The van der Waals surface area contributed by atoms with Crippen molar-refractivity contribution in [3.63, 3.8) is 0 Å². The molecule has 0 unspecified atom stereocenters. The quantitative estimate of drug-likeness (QED) is 0.443. The monoisotopic (exact) mass is 423 g/mol. The number of nitrogens with one attached hydrogen (secondary N) is 2. The number of anilines is 2. The molecule has 3 heterocycles. The third-order valence-electron chi connectivity index (χ3n) is 5.28. The third-order valence-corrected chi connectivity index (χ3v) is 5.28. The van der Waals surface area contributed by atoms with E-state index < -0.39 is 5.54 Å². The van der Waals surface area contributed by atoms with Gasteiger partial charge in [-0.1, -0.05) is 12.1 Å². The molecule has 1 aliphatic carbocycles. The standard InChI is InChI=1S/C25H21N5O2/c31-23(30-25(13-14-25)21-7-1-3-15-26-21)20-6-5-17-28-24(20)32-19-11-9-18(10-12-19)29-22-8-2-4-16-27-22/h1-12,15-17H,13-14H2,(H,27,29)(H,30,31). The number of carbonyl (C=O) groups is 1. The molecule has 32 heavy (non-hydrogen) atoms. The molecular formula is C25H21N5O2. The maximum Gasteiger partial charge on any atom is 0.257 e. The summed E-state index contributed by atoms with van der Waals surface area (Å²) in [6, 6.07) is 22.2. The minimum absolute atomic E-state index is 0.232. The molecule has 0 spiro atoms. The topological polar surface area (TPSA) is 89.0 Å². The Kier molecular flexibility index (Phi) is 5.21. The molecule has 1 amide bonds. The number of hydrogen-bond acceptors (Lipinski definition) is 6. The highest BCUT2D eigenvalue weighted by Gasteiger charge is 2.47. The molecule has 0 radical (unpaired) electrons. The molecule has 2 N–H and O–H groups in total. The molecular weight excluding hydrogens is 402 g/mol. The van der Waals surface area contributed by atoms with Gasteiger partial charge in [0.1, 0.15) is 17.1 Å². The fourth-order valence-corrected chi connectivity index (χ4v) is 3.45. The molecule has 5 rings (SSSR count). The Morgan fingerprint density at radius 2 is 1.56 bits per heavy atom. The lowest BCUT2D eigenvalue weighted by Gasteiger charge is -2.18. The highest BCUT2D eigenvalue weighted by Crippen LogP contribution is 2.44. The van der Waals surface area contributed by atoms with E-state index in [0.29, 0.717) is 11.3 Å². The first-order valence-electron chi connectivity index (χ1n) is 10.4. The first kappa shape index (κ1) is 19.7. The van der Waals surface area contributed by atoms with Crippen molar-refractivity contribution in [2.45, 2.75) is 18.4 Å². The number of carbonyl (C=O) groups excluding carboxylic acids is 1. The van der Waals surface area contributed by atoms with Crippen molar-refractivity contribution in [1.82, 2.24) is 20.3 Å². The summed E-state index contributed by atoms with van der Waals surface area (Å²) in [7, 11) is 0. The van der Waals surface area contributed by atoms with Crippen LogP contribution in [0.25, 0.3) is 0 Å². The largest absolute Gasteiger partial charge is 0.438 e. The number of pyridine rings is 3. The minimum atomic E-state index is -0.412. The van der Waals surface area contributed by atoms with Crippen molar-refractivity contribution in [2.75, 3.05) is 5.32 Å². The zero-order chi connectivity index (χ0) is 21.8. The summed E-state index contributed by atoms with van der Waals surface area (Å²) in [6.45, 7) is 0. The van der Waals surface area contributed by atoms with E-state index in [9.17, 15) is 4.79 Å². The van der Waals surface area contributed by atoms with E-state index in [0.717, 1.165) is 30.0 Å². The summed E-state index contributed by atoms with van der Waals surface area (Å²) < 4.78 is 5.95. The SMILES string of the molecule is O=C(NC1(c2ccccn2)CC1)c1cccnc1Oc1ccc(Nc2ccccn2)cc1. The predicted molar refractivity (Wildman–Crippen MR) is 121 cm³/mol. The van der Waals surface area contributed by atoms with Gasteiger partial charge in [-0.05, 0) is 73.5 Å². The van der Waals surface area contributed by atoms with Crippen LogP contribution in [-0.2, 0) is 5.54 Å². The van der Waals surface area contributed by atoms with Gasteiger partial charge in [-0.3, -0.25) is 9.78 Å². The van der Waals surface area contributed by atoms with Gasteiger partial charge in [0, 0.05) is 24.3 Å². The predicted octanol–water partition coefficient (Wildman–Crippen LogP) is 4.83. The Balaban J connectivity index is 1.30. The number of aromatic nitrogens is 3. The van der Waals surface area contributed by atoms with Gasteiger partial charge >= 0.3 is 0 Å². The van der Waals surface area contributed by atoms with Crippen molar-refractivity contribution in [3.8, 4) is 11.6 Å². The van der Waals surface area contributed by atoms with Crippen molar-refractivity contribution in [1.29, 1.82) is 0 Å². The summed E-state index contributed by atoms with van der Waals surface area (Å²) in [5.41, 5.74) is 1.71. The molecule has 158 valence electrons. The summed E-state index contributed by atoms with van der Waals surface area (Å²) >= 11 is 0. The van der Waals surface area contributed by atoms with Gasteiger partial charge in [0.05, 0.1) is 11.2 Å². The van der Waals surface area contributed by atoms with Crippen LogP contribution in [-0.4, -0.2) is 20.9 Å². The Bertz CT molecular complexity index is 1210. The molecule has 0 saturated heterocycles. The van der Waals surface area contributed by atoms with Crippen LogP contribution in [0.15, 0.2) is 91.4 Å². The summed E-state index contributed by atoms with van der Waals surface area (Å²) in [5, 5.41) is 6.34. The highest BCUT2D eigenvalue weighted by atomic mass is 16.5. The van der Waals surface area contributed by atoms with Gasteiger partial charge in [-0.2, -0.15) is 0 Å². The molecule has 0 bridgehead atoms. The second-order valence-corrected chi connectivity index (χ2v) is 7.57. The number of benzene rings is 1. The Morgan fingerprint density at radius 3 is 2.25 bits per heavy atom. The Morgan fingerprint density at radius 1 is 0.812 bits per heavy atom. The fraction of sp³-hybridized carbons (Fsp3) is 0.120. The number of rotatable bonds is 7. The molecule has 4 aromatic rings. The molecule has 7 heteroatoms. The second kappa shape index (κ2) is 8.47. The fourth-order valence-electron chi connectivity index (χ4n) is 3.45. The maximum atomic E-state index is 13.1. The van der Waals surface area contributed by atoms with Crippen LogP contribution >= 0.6 is 0 Å².